The number of nitrogens with zero attached hydrogens (tertiary/aromatic N) is 2. The number of hydrogen-bond donors (Lipinski definition) is 1. The first-order chi connectivity index (χ1) is 11.3. The van der Waals surface area contributed by atoms with Crippen LogP contribution in [0, 0.1) is 0 Å². The molecule has 0 atom stereocenters. The maximum absolute atomic E-state index is 4.98. The van der Waals surface area contributed by atoms with E-state index in [0.717, 1.165) is 47.3 Å². The maximum atomic E-state index is 4.98. The summed E-state index contributed by atoms with van der Waals surface area (Å²) in [6.45, 7) is 2.13. The van der Waals surface area contributed by atoms with Crippen molar-refractivity contribution in [3.63, 3.8) is 0 Å². The number of hydrogen-bond acceptors (Lipinski definition) is 3. The van der Waals surface area contributed by atoms with E-state index in [-0.39, 0.29) is 0 Å². The molecule has 1 N–H and O–H groups in total. The number of halogens is 1. The Kier molecular flexibility index (Phi) is 4.10. The SMILES string of the molecule is Brc1cccc(-c2nc(C3CCNCC3)c3ccccc3n2)c1. The van der Waals surface area contributed by atoms with Crippen molar-refractivity contribution >= 4 is 26.8 Å². The zero-order chi connectivity index (χ0) is 15.6. The summed E-state index contributed by atoms with van der Waals surface area (Å²) < 4.78 is 1.05. The molecule has 0 amide bonds. The predicted octanol–water partition coefficient (Wildman–Crippen LogP) is 4.53. The van der Waals surface area contributed by atoms with Crippen molar-refractivity contribution in [3.8, 4) is 11.4 Å². The fraction of sp³-hybridized carbons (Fsp3) is 0.263. The lowest BCUT2D eigenvalue weighted by Gasteiger charge is -2.23. The van der Waals surface area contributed by atoms with Crippen molar-refractivity contribution < 1.29 is 0 Å². The summed E-state index contributed by atoms with van der Waals surface area (Å²) in [6, 6.07) is 16.6. The highest BCUT2D eigenvalue weighted by Crippen LogP contribution is 2.31. The van der Waals surface area contributed by atoms with E-state index in [0.29, 0.717) is 5.92 Å². The van der Waals surface area contributed by atoms with Gasteiger partial charge in [0.1, 0.15) is 0 Å². The highest BCUT2D eigenvalue weighted by Gasteiger charge is 2.20. The summed E-state index contributed by atoms with van der Waals surface area (Å²) in [5.74, 6) is 1.33. The van der Waals surface area contributed by atoms with E-state index in [1.165, 1.54) is 11.1 Å². The van der Waals surface area contributed by atoms with E-state index >= 15 is 0 Å². The second-order valence-corrected chi connectivity index (χ2v) is 6.90. The lowest BCUT2D eigenvalue weighted by Crippen LogP contribution is -2.27. The topological polar surface area (TPSA) is 37.8 Å². The van der Waals surface area contributed by atoms with E-state index in [9.17, 15) is 0 Å². The number of aromatic nitrogens is 2. The van der Waals surface area contributed by atoms with Crippen molar-refractivity contribution in [2.45, 2.75) is 18.8 Å². The number of para-hydroxylation sites is 1. The van der Waals surface area contributed by atoms with Gasteiger partial charge in [-0.1, -0.05) is 46.3 Å². The number of piperidine rings is 1. The molecule has 4 rings (SSSR count). The molecule has 0 unspecified atom stereocenters. The average Bonchev–Trinajstić information content (AvgIpc) is 2.61. The molecule has 1 fully saturated rings. The Hall–Kier alpha value is -1.78. The van der Waals surface area contributed by atoms with Crippen molar-refractivity contribution in [3.05, 3.63) is 58.7 Å². The van der Waals surface area contributed by atoms with Crippen LogP contribution in [0.15, 0.2) is 53.0 Å². The molecule has 2 heterocycles. The van der Waals surface area contributed by atoms with Gasteiger partial charge < -0.3 is 5.32 Å². The molecule has 0 radical (unpaired) electrons. The van der Waals surface area contributed by atoms with Crippen LogP contribution in [0.4, 0.5) is 0 Å². The fourth-order valence-corrected chi connectivity index (χ4v) is 3.66. The van der Waals surface area contributed by atoms with Crippen LogP contribution in [-0.4, -0.2) is 23.1 Å². The van der Waals surface area contributed by atoms with Crippen LogP contribution < -0.4 is 5.32 Å². The molecule has 1 aliphatic heterocycles. The van der Waals surface area contributed by atoms with Gasteiger partial charge in [-0.2, -0.15) is 0 Å². The minimum atomic E-state index is 0.509. The number of nitrogens with one attached hydrogen (secondary N) is 1. The van der Waals surface area contributed by atoms with E-state index in [4.69, 9.17) is 9.97 Å². The van der Waals surface area contributed by atoms with Gasteiger partial charge in [-0.25, -0.2) is 9.97 Å². The lowest BCUT2D eigenvalue weighted by molar-refractivity contribution is 0.455. The Morgan fingerprint density at radius 3 is 2.61 bits per heavy atom. The molecule has 0 saturated carbocycles. The first-order valence-electron chi connectivity index (χ1n) is 8.04. The van der Waals surface area contributed by atoms with E-state index in [2.05, 4.69) is 51.6 Å². The number of fused-ring (bicyclic) bond motifs is 1. The van der Waals surface area contributed by atoms with Gasteiger partial charge in [0.15, 0.2) is 5.82 Å². The van der Waals surface area contributed by atoms with Crippen molar-refractivity contribution in [2.75, 3.05) is 13.1 Å². The third-order valence-corrected chi connectivity index (χ3v) is 4.93. The molecule has 2 aromatic carbocycles. The first kappa shape index (κ1) is 14.8. The van der Waals surface area contributed by atoms with E-state index < -0.39 is 0 Å². The lowest BCUT2D eigenvalue weighted by atomic mass is 9.91. The van der Waals surface area contributed by atoms with Gasteiger partial charge in [0.05, 0.1) is 11.2 Å². The fourth-order valence-electron chi connectivity index (χ4n) is 3.26. The van der Waals surface area contributed by atoms with Crippen molar-refractivity contribution in [1.29, 1.82) is 0 Å². The second kappa shape index (κ2) is 6.38. The quantitative estimate of drug-likeness (QED) is 0.723. The summed E-state index contributed by atoms with van der Waals surface area (Å²) in [5.41, 5.74) is 3.29. The molecule has 23 heavy (non-hydrogen) atoms. The number of rotatable bonds is 2. The van der Waals surface area contributed by atoms with Crippen LogP contribution in [0.1, 0.15) is 24.5 Å². The Balaban J connectivity index is 1.89. The third kappa shape index (κ3) is 3.01. The molecule has 4 heteroatoms. The molecule has 0 bridgehead atoms. The zero-order valence-electron chi connectivity index (χ0n) is 12.8. The summed E-state index contributed by atoms with van der Waals surface area (Å²) in [6.07, 6.45) is 2.28. The Morgan fingerprint density at radius 2 is 1.78 bits per heavy atom. The molecule has 116 valence electrons. The normalized spacial score (nSPS) is 15.9. The molecule has 1 saturated heterocycles. The summed E-state index contributed by atoms with van der Waals surface area (Å²) >= 11 is 3.54. The Bertz CT molecular complexity index is 841. The van der Waals surface area contributed by atoms with Gasteiger partial charge in [-0.15, -0.1) is 0 Å². The van der Waals surface area contributed by atoms with Crippen LogP contribution in [0.25, 0.3) is 22.3 Å². The van der Waals surface area contributed by atoms with Gasteiger partial charge in [0.2, 0.25) is 0 Å². The first-order valence-corrected chi connectivity index (χ1v) is 8.84. The minimum absolute atomic E-state index is 0.509. The average molecular weight is 368 g/mol. The van der Waals surface area contributed by atoms with Gasteiger partial charge in [-0.05, 0) is 44.1 Å². The molecule has 0 spiro atoms. The molecule has 1 aromatic heterocycles. The largest absolute Gasteiger partial charge is 0.317 e. The van der Waals surface area contributed by atoms with Crippen molar-refractivity contribution in [2.24, 2.45) is 0 Å². The summed E-state index contributed by atoms with van der Waals surface area (Å²) in [4.78, 5) is 9.77. The van der Waals surface area contributed by atoms with Crippen LogP contribution >= 0.6 is 15.9 Å². The highest BCUT2D eigenvalue weighted by atomic mass is 79.9. The van der Waals surface area contributed by atoms with Crippen LogP contribution in [0.3, 0.4) is 0 Å². The van der Waals surface area contributed by atoms with Gasteiger partial charge in [0.25, 0.3) is 0 Å². The highest BCUT2D eigenvalue weighted by molar-refractivity contribution is 9.10. The zero-order valence-corrected chi connectivity index (χ0v) is 14.4. The van der Waals surface area contributed by atoms with Crippen molar-refractivity contribution in [1.82, 2.24) is 15.3 Å². The van der Waals surface area contributed by atoms with Gasteiger partial charge >= 0.3 is 0 Å². The summed E-state index contributed by atoms with van der Waals surface area (Å²) in [7, 11) is 0. The Labute approximate surface area is 144 Å². The smallest absolute Gasteiger partial charge is 0.160 e. The van der Waals surface area contributed by atoms with Gasteiger partial charge in [0, 0.05) is 21.3 Å². The molecular formula is C19H18BrN3. The molecule has 3 nitrogen and oxygen atoms in total. The molecular weight excluding hydrogens is 350 g/mol. The third-order valence-electron chi connectivity index (χ3n) is 4.44. The second-order valence-electron chi connectivity index (χ2n) is 5.98. The van der Waals surface area contributed by atoms with Crippen LogP contribution in [-0.2, 0) is 0 Å². The minimum Gasteiger partial charge on any atom is -0.317 e. The molecule has 0 aliphatic carbocycles. The van der Waals surface area contributed by atoms with E-state index in [1.807, 2.05) is 18.2 Å². The Morgan fingerprint density at radius 1 is 0.957 bits per heavy atom. The number of benzene rings is 2. The monoisotopic (exact) mass is 367 g/mol. The van der Waals surface area contributed by atoms with Gasteiger partial charge in [-0.3, -0.25) is 0 Å². The molecule has 1 aliphatic rings. The molecule has 3 aromatic rings. The summed E-state index contributed by atoms with van der Waals surface area (Å²) in [5, 5.41) is 4.63. The van der Waals surface area contributed by atoms with E-state index in [1.54, 1.807) is 0 Å². The maximum Gasteiger partial charge on any atom is 0.160 e. The standard InChI is InChI=1S/C19H18BrN3/c20-15-5-3-4-14(12-15)19-22-17-7-2-1-6-16(17)18(23-19)13-8-10-21-11-9-13/h1-7,12-13,21H,8-11H2. The van der Waals surface area contributed by atoms with Crippen LogP contribution in [0.5, 0.6) is 0 Å². The van der Waals surface area contributed by atoms with Crippen LogP contribution in [0.2, 0.25) is 0 Å². The predicted molar refractivity (Wildman–Crippen MR) is 97.5 cm³/mol.